The molecule has 51 heavy (non-hydrogen) atoms. The summed E-state index contributed by atoms with van der Waals surface area (Å²) in [7, 11) is 0. The molecule has 0 N–H and O–H groups in total. The van der Waals surface area contributed by atoms with Gasteiger partial charge in [-0.3, -0.25) is 4.98 Å². The van der Waals surface area contributed by atoms with Crippen molar-refractivity contribution in [3.8, 4) is 23.0 Å². The number of benzene rings is 2. The molecule has 0 radical (unpaired) electrons. The summed E-state index contributed by atoms with van der Waals surface area (Å²) in [5, 5.41) is 0. The number of ether oxygens (including phenoxy) is 12. The van der Waals surface area contributed by atoms with Gasteiger partial charge in [-0.05, 0) is 47.5 Å². The molecule has 3 aromatic rings. The first-order chi connectivity index (χ1) is 25.4. The zero-order chi connectivity index (χ0) is 35.0. The first-order valence-corrected chi connectivity index (χ1v) is 17.7. The molecule has 280 valence electrons. The summed E-state index contributed by atoms with van der Waals surface area (Å²) in [6, 6.07) is 17.8. The van der Waals surface area contributed by atoms with E-state index in [1.807, 2.05) is 54.6 Å². The van der Waals surface area contributed by atoms with Crippen LogP contribution in [0.4, 0.5) is 0 Å². The van der Waals surface area contributed by atoms with E-state index in [0.717, 1.165) is 16.8 Å². The molecule has 0 saturated carbocycles. The molecule has 0 atom stereocenters. The van der Waals surface area contributed by atoms with Gasteiger partial charge in [0.15, 0.2) is 23.0 Å². The van der Waals surface area contributed by atoms with Crippen LogP contribution < -0.4 is 18.9 Å². The number of fused-ring (bicyclic) bond motifs is 2. The minimum Gasteiger partial charge on any atom is -0.487 e. The third-order valence-corrected chi connectivity index (χ3v) is 7.76. The molecule has 3 heterocycles. The number of hydrogen-bond acceptors (Lipinski definition) is 13. The van der Waals surface area contributed by atoms with E-state index >= 15 is 0 Å². The Balaban J connectivity index is 1.37. The van der Waals surface area contributed by atoms with E-state index in [1.165, 1.54) is 0 Å². The average molecular weight is 714 g/mol. The van der Waals surface area contributed by atoms with Crippen molar-refractivity contribution in [2.24, 2.45) is 0 Å². The maximum absolute atomic E-state index is 6.26. The highest BCUT2D eigenvalue weighted by Gasteiger charge is 2.22. The number of nitrogens with zero attached hydrogens (tertiary/aromatic N) is 1. The minimum atomic E-state index is -0.261. The highest BCUT2D eigenvalue weighted by Crippen LogP contribution is 2.39. The van der Waals surface area contributed by atoms with Crippen LogP contribution in [0, 0.1) is 0 Å². The molecule has 2 aliphatic heterocycles. The Hall–Kier alpha value is -3.53. The molecular weight excluding hydrogens is 662 g/mol. The van der Waals surface area contributed by atoms with Crippen molar-refractivity contribution in [2.75, 3.05) is 132 Å². The quantitative estimate of drug-likeness (QED) is 0.390. The van der Waals surface area contributed by atoms with Crippen molar-refractivity contribution in [1.82, 2.24) is 4.98 Å². The summed E-state index contributed by atoms with van der Waals surface area (Å²) < 4.78 is 69.8. The van der Waals surface area contributed by atoms with Crippen LogP contribution in [-0.4, -0.2) is 137 Å². The SMILES string of the molecule is c1ccc(C(c2ccc3c(c2)OCCOCCOCCOCCOCCO3)c2ccc3c(c2)OCCOCCOCCOCCOCCO3)nc1. The molecule has 13 heteroatoms. The molecule has 13 nitrogen and oxygen atoms in total. The Morgan fingerprint density at radius 1 is 0.353 bits per heavy atom. The minimum absolute atomic E-state index is 0.261. The summed E-state index contributed by atoms with van der Waals surface area (Å²) in [6.45, 7) is 8.88. The van der Waals surface area contributed by atoms with Gasteiger partial charge >= 0.3 is 0 Å². The van der Waals surface area contributed by atoms with Gasteiger partial charge in [-0.2, -0.15) is 0 Å². The highest BCUT2D eigenvalue weighted by atomic mass is 16.6. The lowest BCUT2D eigenvalue weighted by molar-refractivity contribution is -0.00842. The van der Waals surface area contributed by atoms with Crippen LogP contribution in [0.5, 0.6) is 23.0 Å². The van der Waals surface area contributed by atoms with Crippen LogP contribution in [-0.2, 0) is 37.9 Å². The number of pyridine rings is 1. The fourth-order valence-corrected chi connectivity index (χ4v) is 5.32. The van der Waals surface area contributed by atoms with Gasteiger partial charge in [0.25, 0.3) is 0 Å². The molecule has 0 bridgehead atoms. The fourth-order valence-electron chi connectivity index (χ4n) is 5.32. The molecule has 1 aromatic heterocycles. The Labute approximate surface area is 300 Å². The molecule has 0 spiro atoms. The third-order valence-electron chi connectivity index (χ3n) is 7.76. The van der Waals surface area contributed by atoms with Gasteiger partial charge in [0.05, 0.1) is 117 Å². The molecule has 0 unspecified atom stereocenters. The van der Waals surface area contributed by atoms with Crippen LogP contribution in [0.15, 0.2) is 60.8 Å². The number of rotatable bonds is 3. The molecule has 0 amide bonds. The largest absolute Gasteiger partial charge is 0.487 e. The standard InChI is InChI=1S/C38H51NO12/c1-2-8-39-33(3-1)38(31-4-6-34-36(29-31)50-27-23-46-19-15-42-11-9-40-13-17-44-21-25-48-34)32-5-7-35-37(30-32)51-28-24-47-20-16-43-12-10-41-14-18-45-22-26-49-35/h1-8,29-30,38H,9-28H2. The van der Waals surface area contributed by atoms with Crippen LogP contribution in [0.2, 0.25) is 0 Å². The smallest absolute Gasteiger partial charge is 0.161 e. The van der Waals surface area contributed by atoms with E-state index in [2.05, 4.69) is 0 Å². The zero-order valence-electron chi connectivity index (χ0n) is 29.3. The van der Waals surface area contributed by atoms with Crippen molar-refractivity contribution in [1.29, 1.82) is 0 Å². The first kappa shape index (κ1) is 38.7. The van der Waals surface area contributed by atoms with Crippen molar-refractivity contribution < 1.29 is 56.8 Å². The van der Waals surface area contributed by atoms with Crippen molar-refractivity contribution in [3.05, 3.63) is 77.6 Å². The lowest BCUT2D eigenvalue weighted by Gasteiger charge is -2.22. The molecule has 2 aliphatic rings. The predicted molar refractivity (Wildman–Crippen MR) is 187 cm³/mol. The van der Waals surface area contributed by atoms with Gasteiger partial charge in [-0.1, -0.05) is 18.2 Å². The fraction of sp³-hybridized carbons (Fsp3) is 0.553. The molecule has 0 fully saturated rings. The van der Waals surface area contributed by atoms with Crippen LogP contribution >= 0.6 is 0 Å². The van der Waals surface area contributed by atoms with Crippen molar-refractivity contribution in [2.45, 2.75) is 5.92 Å². The van der Waals surface area contributed by atoms with Crippen molar-refractivity contribution in [3.63, 3.8) is 0 Å². The number of aromatic nitrogens is 1. The normalized spacial score (nSPS) is 19.2. The topological polar surface area (TPSA) is 124 Å². The van der Waals surface area contributed by atoms with E-state index < -0.39 is 0 Å². The van der Waals surface area contributed by atoms with Gasteiger partial charge in [-0.15, -0.1) is 0 Å². The summed E-state index contributed by atoms with van der Waals surface area (Å²) >= 11 is 0. The summed E-state index contributed by atoms with van der Waals surface area (Å²) in [4.78, 5) is 4.76. The second kappa shape index (κ2) is 23.8. The van der Waals surface area contributed by atoms with E-state index in [-0.39, 0.29) is 5.92 Å². The lowest BCUT2D eigenvalue weighted by Crippen LogP contribution is -2.16. The molecular formula is C38H51NO12. The maximum atomic E-state index is 6.26. The second-order valence-electron chi connectivity index (χ2n) is 11.4. The van der Waals surface area contributed by atoms with Crippen LogP contribution in [0.3, 0.4) is 0 Å². The van der Waals surface area contributed by atoms with E-state index in [9.17, 15) is 0 Å². The van der Waals surface area contributed by atoms with Gasteiger partial charge in [0.2, 0.25) is 0 Å². The first-order valence-electron chi connectivity index (χ1n) is 17.7. The molecule has 5 rings (SSSR count). The summed E-state index contributed by atoms with van der Waals surface area (Å²) in [5.74, 6) is 2.16. The van der Waals surface area contributed by atoms with E-state index in [0.29, 0.717) is 155 Å². The Morgan fingerprint density at radius 3 is 1.02 bits per heavy atom. The highest BCUT2D eigenvalue weighted by molar-refractivity contribution is 5.52. The second-order valence-corrected chi connectivity index (χ2v) is 11.4. The Morgan fingerprint density at radius 2 is 0.686 bits per heavy atom. The third kappa shape index (κ3) is 14.2. The Bertz CT molecular complexity index is 1280. The summed E-state index contributed by atoms with van der Waals surface area (Å²) in [5.41, 5.74) is 2.78. The molecule has 2 aromatic carbocycles. The maximum Gasteiger partial charge on any atom is 0.161 e. The molecule has 0 aliphatic carbocycles. The average Bonchev–Trinajstić information content (AvgIpc) is 3.15. The monoisotopic (exact) mass is 713 g/mol. The Kier molecular flexibility index (Phi) is 18.1. The zero-order valence-corrected chi connectivity index (χ0v) is 29.3. The van der Waals surface area contributed by atoms with Crippen LogP contribution in [0.1, 0.15) is 22.7 Å². The lowest BCUT2D eigenvalue weighted by atomic mass is 9.87. The van der Waals surface area contributed by atoms with Gasteiger partial charge < -0.3 is 56.8 Å². The van der Waals surface area contributed by atoms with E-state index in [4.69, 9.17) is 61.8 Å². The van der Waals surface area contributed by atoms with Gasteiger partial charge in [-0.25, -0.2) is 0 Å². The van der Waals surface area contributed by atoms with Crippen molar-refractivity contribution >= 4 is 0 Å². The molecule has 0 saturated heterocycles. The van der Waals surface area contributed by atoms with E-state index in [1.54, 1.807) is 6.20 Å². The summed E-state index contributed by atoms with van der Waals surface area (Å²) in [6.07, 6.45) is 1.79. The predicted octanol–water partition coefficient (Wildman–Crippen LogP) is 3.94. The van der Waals surface area contributed by atoms with Gasteiger partial charge in [0.1, 0.15) is 26.4 Å². The van der Waals surface area contributed by atoms with Crippen LogP contribution in [0.25, 0.3) is 0 Å². The number of hydrogen-bond donors (Lipinski definition) is 0. The van der Waals surface area contributed by atoms with Gasteiger partial charge in [0, 0.05) is 6.20 Å².